The van der Waals surface area contributed by atoms with Gasteiger partial charge in [0.15, 0.2) is 0 Å². The van der Waals surface area contributed by atoms with Crippen LogP contribution in [0.2, 0.25) is 0 Å². The molecule has 2 fully saturated rings. The van der Waals surface area contributed by atoms with E-state index >= 15 is 4.39 Å². The number of hydrogen-bond donors (Lipinski definition) is 1. The van der Waals surface area contributed by atoms with Gasteiger partial charge in [-0.15, -0.1) is 0 Å². The predicted molar refractivity (Wildman–Crippen MR) is 150 cm³/mol. The smallest absolute Gasteiger partial charge is 0.255 e. The van der Waals surface area contributed by atoms with Gasteiger partial charge in [-0.1, -0.05) is 18.2 Å². The third kappa shape index (κ3) is 5.53. The number of hydrogen-bond acceptors (Lipinski definition) is 8. The molecule has 2 saturated heterocycles. The number of imide groups is 1. The van der Waals surface area contributed by atoms with Crippen molar-refractivity contribution in [2.24, 2.45) is 0 Å². The molecule has 0 bridgehead atoms. The number of aromatic nitrogens is 1. The number of piperidine rings is 1. The highest BCUT2D eigenvalue weighted by Crippen LogP contribution is 2.34. The number of piperazine rings is 1. The molecule has 0 radical (unpaired) electrons. The van der Waals surface area contributed by atoms with Crippen LogP contribution in [0.4, 0.5) is 10.2 Å². The first-order valence-electron chi connectivity index (χ1n) is 13.9. The van der Waals surface area contributed by atoms with Crippen LogP contribution >= 0.6 is 0 Å². The zero-order valence-corrected chi connectivity index (χ0v) is 22.9. The third-order valence-corrected chi connectivity index (χ3v) is 8.02. The Morgan fingerprint density at radius 2 is 1.90 bits per heavy atom. The van der Waals surface area contributed by atoms with Gasteiger partial charge < -0.3 is 14.5 Å². The Balaban J connectivity index is 1.05. The second kappa shape index (κ2) is 11.6. The van der Waals surface area contributed by atoms with Crippen LogP contribution in [0.1, 0.15) is 45.5 Å². The molecule has 3 amide bonds. The summed E-state index contributed by atoms with van der Waals surface area (Å²) < 4.78 is 21.1. The molecule has 1 N–H and O–H groups in total. The molecule has 10 nitrogen and oxygen atoms in total. The van der Waals surface area contributed by atoms with Crippen LogP contribution in [-0.2, 0) is 29.3 Å². The lowest BCUT2D eigenvalue weighted by Crippen LogP contribution is -2.52. The number of carbonyl (C=O) groups is 3. The molecule has 0 unspecified atom stereocenters. The largest absolute Gasteiger partial charge is 0.488 e. The monoisotopic (exact) mass is 568 g/mol. The Morgan fingerprint density at radius 1 is 1.07 bits per heavy atom. The molecule has 42 heavy (non-hydrogen) atoms. The van der Waals surface area contributed by atoms with Crippen molar-refractivity contribution in [3.05, 3.63) is 88.4 Å². The van der Waals surface area contributed by atoms with E-state index in [4.69, 9.17) is 10.00 Å². The number of fused-ring (bicyclic) bond motifs is 1. The van der Waals surface area contributed by atoms with E-state index in [0.29, 0.717) is 34.5 Å². The van der Waals surface area contributed by atoms with Gasteiger partial charge in [0.25, 0.3) is 5.91 Å². The summed E-state index contributed by atoms with van der Waals surface area (Å²) in [4.78, 5) is 47.2. The number of ether oxygens (including phenoxy) is 1. The SMILES string of the molecule is N#Cc1ccc(N2CCN(Cc3ccc(COc4cccc5c4CN([C@H]4CCC(=O)NC4=O)C5=O)c(F)c3)CC2)nc1. The van der Waals surface area contributed by atoms with E-state index in [-0.39, 0.29) is 43.6 Å². The minimum atomic E-state index is -0.712. The molecule has 3 aliphatic heterocycles. The number of nitriles is 1. The highest BCUT2D eigenvalue weighted by atomic mass is 19.1. The van der Waals surface area contributed by atoms with Gasteiger partial charge in [-0.3, -0.25) is 24.6 Å². The minimum absolute atomic E-state index is 0.00849. The average molecular weight is 569 g/mol. The first kappa shape index (κ1) is 27.4. The van der Waals surface area contributed by atoms with E-state index in [0.717, 1.165) is 37.6 Å². The molecule has 2 aromatic carbocycles. The Hall–Kier alpha value is -4.82. The van der Waals surface area contributed by atoms with Crippen molar-refractivity contribution < 1.29 is 23.5 Å². The van der Waals surface area contributed by atoms with Gasteiger partial charge >= 0.3 is 0 Å². The summed E-state index contributed by atoms with van der Waals surface area (Å²) >= 11 is 0. The van der Waals surface area contributed by atoms with Crippen LogP contribution in [0, 0.1) is 17.1 Å². The van der Waals surface area contributed by atoms with Gasteiger partial charge in [0.05, 0.1) is 12.1 Å². The van der Waals surface area contributed by atoms with Gasteiger partial charge in [-0.2, -0.15) is 5.26 Å². The van der Waals surface area contributed by atoms with Crippen molar-refractivity contribution in [2.75, 3.05) is 31.1 Å². The second-order valence-corrected chi connectivity index (χ2v) is 10.7. The Kier molecular flexibility index (Phi) is 7.54. The summed E-state index contributed by atoms with van der Waals surface area (Å²) in [6.07, 6.45) is 2.04. The number of carbonyl (C=O) groups excluding carboxylic acids is 3. The zero-order valence-electron chi connectivity index (χ0n) is 22.9. The quantitative estimate of drug-likeness (QED) is 0.433. The Bertz CT molecular complexity index is 1580. The van der Waals surface area contributed by atoms with Crippen LogP contribution in [0.3, 0.4) is 0 Å². The molecule has 0 spiro atoms. The molecular weight excluding hydrogens is 539 g/mol. The summed E-state index contributed by atoms with van der Waals surface area (Å²) in [7, 11) is 0. The van der Waals surface area contributed by atoms with E-state index in [9.17, 15) is 14.4 Å². The topological polar surface area (TPSA) is 119 Å². The fraction of sp³-hybridized carbons (Fsp3) is 0.323. The Labute approximate surface area is 242 Å². The van der Waals surface area contributed by atoms with Gasteiger partial charge in [0.1, 0.15) is 36.1 Å². The highest BCUT2D eigenvalue weighted by Gasteiger charge is 2.40. The van der Waals surface area contributed by atoms with Gasteiger partial charge in [0, 0.05) is 62.0 Å². The normalized spacial score (nSPS) is 19.0. The first-order chi connectivity index (χ1) is 20.4. The second-order valence-electron chi connectivity index (χ2n) is 10.7. The lowest BCUT2D eigenvalue weighted by molar-refractivity contribution is -0.136. The minimum Gasteiger partial charge on any atom is -0.488 e. The fourth-order valence-electron chi connectivity index (χ4n) is 5.69. The number of amides is 3. The van der Waals surface area contributed by atoms with Crippen LogP contribution < -0.4 is 15.0 Å². The van der Waals surface area contributed by atoms with E-state index in [2.05, 4.69) is 26.2 Å². The molecule has 1 atom stereocenters. The molecule has 0 aliphatic carbocycles. The van der Waals surface area contributed by atoms with E-state index in [1.54, 1.807) is 36.5 Å². The van der Waals surface area contributed by atoms with E-state index < -0.39 is 11.9 Å². The standard InChI is InChI=1S/C31H29FN6O4/c32-25-14-20(17-36-10-12-37(13-11-36)28-8-5-21(15-33)16-34-28)4-6-22(25)19-42-27-3-1-2-23-24(27)18-38(31(23)41)26-7-9-29(39)35-30(26)40/h1-6,8,14,16,26H,7,9-13,17-19H2,(H,35,39,40)/t26-/m0/s1. The third-order valence-electron chi connectivity index (χ3n) is 8.02. The van der Waals surface area contributed by atoms with Crippen molar-refractivity contribution in [2.45, 2.75) is 38.6 Å². The number of nitrogens with zero attached hydrogens (tertiary/aromatic N) is 5. The maximum Gasteiger partial charge on any atom is 0.255 e. The molecule has 6 rings (SSSR count). The van der Waals surface area contributed by atoms with Crippen molar-refractivity contribution in [3.8, 4) is 11.8 Å². The van der Waals surface area contributed by atoms with Crippen molar-refractivity contribution >= 4 is 23.5 Å². The number of rotatable bonds is 7. The first-order valence-corrected chi connectivity index (χ1v) is 13.9. The zero-order chi connectivity index (χ0) is 29.2. The average Bonchev–Trinajstić information content (AvgIpc) is 3.33. The molecule has 1 aromatic heterocycles. The maximum atomic E-state index is 15.1. The predicted octanol–water partition coefficient (Wildman–Crippen LogP) is 2.75. The van der Waals surface area contributed by atoms with Crippen LogP contribution in [0.25, 0.3) is 0 Å². The van der Waals surface area contributed by atoms with Crippen LogP contribution in [-0.4, -0.2) is 64.7 Å². The summed E-state index contributed by atoms with van der Waals surface area (Å²) in [5.41, 5.74) is 2.90. The summed E-state index contributed by atoms with van der Waals surface area (Å²) in [5.74, 6) is -0.134. The number of nitrogens with one attached hydrogen (secondary N) is 1. The van der Waals surface area contributed by atoms with Gasteiger partial charge in [-0.25, -0.2) is 9.37 Å². The van der Waals surface area contributed by atoms with Crippen molar-refractivity contribution in [3.63, 3.8) is 0 Å². The Morgan fingerprint density at radius 3 is 2.62 bits per heavy atom. The molecule has 3 aliphatic rings. The van der Waals surface area contributed by atoms with E-state index in [1.165, 1.54) is 11.0 Å². The number of halogens is 1. The summed E-state index contributed by atoms with van der Waals surface area (Å²) in [6.45, 7) is 4.00. The number of anilines is 1. The molecule has 3 aromatic rings. The number of pyridine rings is 1. The summed E-state index contributed by atoms with van der Waals surface area (Å²) in [5, 5.41) is 11.3. The summed E-state index contributed by atoms with van der Waals surface area (Å²) in [6, 6.07) is 15.3. The molecular formula is C31H29FN6O4. The molecule has 11 heteroatoms. The van der Waals surface area contributed by atoms with E-state index in [1.807, 2.05) is 12.1 Å². The molecule has 214 valence electrons. The number of benzene rings is 2. The van der Waals surface area contributed by atoms with Gasteiger partial charge in [-0.05, 0) is 42.3 Å². The lowest BCUT2D eigenvalue weighted by Gasteiger charge is -2.35. The highest BCUT2D eigenvalue weighted by molar-refractivity contribution is 6.05. The van der Waals surface area contributed by atoms with Gasteiger partial charge in [0.2, 0.25) is 11.8 Å². The molecule has 0 saturated carbocycles. The van der Waals surface area contributed by atoms with Crippen LogP contribution in [0.5, 0.6) is 5.75 Å². The van der Waals surface area contributed by atoms with Crippen molar-refractivity contribution in [1.29, 1.82) is 5.26 Å². The maximum absolute atomic E-state index is 15.1. The fourth-order valence-corrected chi connectivity index (χ4v) is 5.69. The lowest BCUT2D eigenvalue weighted by atomic mass is 10.0. The van der Waals surface area contributed by atoms with Crippen LogP contribution in [0.15, 0.2) is 54.7 Å². The molecule has 4 heterocycles. The van der Waals surface area contributed by atoms with Crippen molar-refractivity contribution in [1.82, 2.24) is 20.1 Å².